The van der Waals surface area contributed by atoms with Crippen LogP contribution in [0.15, 0.2) is 30.3 Å². The number of rotatable bonds is 2. The Morgan fingerprint density at radius 1 is 1.21 bits per heavy atom. The molecule has 3 aliphatic rings. The fourth-order valence-electron chi connectivity index (χ4n) is 3.55. The van der Waals surface area contributed by atoms with Gasteiger partial charge in [-0.1, -0.05) is 18.2 Å². The molecule has 0 radical (unpaired) electrons. The van der Waals surface area contributed by atoms with Crippen LogP contribution >= 0.6 is 0 Å². The lowest BCUT2D eigenvalue weighted by molar-refractivity contribution is -0.0987. The van der Waals surface area contributed by atoms with Crippen molar-refractivity contribution in [3.8, 4) is 0 Å². The number of nitrogens with zero attached hydrogens (tertiary/aromatic N) is 1. The first-order valence-corrected chi connectivity index (χ1v) is 6.90. The number of ether oxygens (including phenoxy) is 1. The number of hydrogen-bond donors (Lipinski definition) is 0. The second-order valence-corrected chi connectivity index (χ2v) is 5.99. The van der Waals surface area contributed by atoms with Gasteiger partial charge in [0.25, 0.3) is 0 Å². The molecule has 0 amide bonds. The largest absolute Gasteiger partial charge is 0.370 e. The lowest BCUT2D eigenvalue weighted by Gasteiger charge is -2.17. The van der Waals surface area contributed by atoms with E-state index < -0.39 is 0 Å². The van der Waals surface area contributed by atoms with Gasteiger partial charge >= 0.3 is 5.97 Å². The third-order valence-corrected chi connectivity index (χ3v) is 4.59. The van der Waals surface area contributed by atoms with Crippen LogP contribution in [0, 0.1) is 11.8 Å². The van der Waals surface area contributed by atoms with Crippen LogP contribution in [0.4, 0.5) is 0 Å². The third kappa shape index (κ3) is 2.05. The second kappa shape index (κ2) is 4.05. The maximum atomic E-state index is 12.0. The molecule has 1 aromatic rings. The van der Waals surface area contributed by atoms with E-state index in [9.17, 15) is 4.79 Å². The predicted molar refractivity (Wildman–Crippen MR) is 68.3 cm³/mol. The number of benzene rings is 1. The zero-order valence-corrected chi connectivity index (χ0v) is 10.7. The lowest BCUT2D eigenvalue weighted by atomic mass is 10.0. The molecular weight excluding hydrogens is 242 g/mol. The summed E-state index contributed by atoms with van der Waals surface area (Å²) in [5, 5.41) is 1.83. The SMILES string of the molecule is O=C(ON1C[C@@H]2CC3(CO3)C[C@@H]2C1)c1ccccc1. The first-order chi connectivity index (χ1) is 9.24. The predicted octanol–water partition coefficient (Wildman–Crippen LogP) is 1.87. The molecule has 1 aliphatic carbocycles. The smallest absolute Gasteiger partial charge is 0.357 e. The maximum absolute atomic E-state index is 12.0. The zero-order valence-electron chi connectivity index (χ0n) is 10.7. The highest BCUT2D eigenvalue weighted by Gasteiger charge is 2.57. The first-order valence-electron chi connectivity index (χ1n) is 6.90. The molecule has 4 rings (SSSR count). The molecule has 4 heteroatoms. The average Bonchev–Trinajstić information content (AvgIpc) is 2.94. The van der Waals surface area contributed by atoms with Gasteiger partial charge < -0.3 is 9.57 Å². The Hall–Kier alpha value is -1.39. The van der Waals surface area contributed by atoms with Gasteiger partial charge in [-0.3, -0.25) is 0 Å². The van der Waals surface area contributed by atoms with Crippen LogP contribution in [0.25, 0.3) is 0 Å². The molecule has 2 aliphatic heterocycles. The van der Waals surface area contributed by atoms with Gasteiger partial charge in [-0.15, -0.1) is 5.06 Å². The van der Waals surface area contributed by atoms with Crippen molar-refractivity contribution in [3.05, 3.63) is 35.9 Å². The van der Waals surface area contributed by atoms with Crippen molar-refractivity contribution >= 4 is 5.97 Å². The Balaban J connectivity index is 1.37. The molecule has 3 atom stereocenters. The Morgan fingerprint density at radius 2 is 1.84 bits per heavy atom. The summed E-state index contributed by atoms with van der Waals surface area (Å²) in [6, 6.07) is 9.16. The molecule has 2 saturated heterocycles. The minimum atomic E-state index is -0.252. The summed E-state index contributed by atoms with van der Waals surface area (Å²) in [6.07, 6.45) is 2.27. The Bertz CT molecular complexity index is 481. The quantitative estimate of drug-likeness (QED) is 0.760. The van der Waals surface area contributed by atoms with Crippen LogP contribution in [0.5, 0.6) is 0 Å². The van der Waals surface area contributed by atoms with Gasteiger partial charge in [0, 0.05) is 13.1 Å². The average molecular weight is 259 g/mol. The van der Waals surface area contributed by atoms with Gasteiger partial charge in [0.1, 0.15) is 0 Å². The van der Waals surface area contributed by atoms with Crippen LogP contribution in [0.3, 0.4) is 0 Å². The number of fused-ring (bicyclic) bond motifs is 1. The van der Waals surface area contributed by atoms with E-state index in [4.69, 9.17) is 9.57 Å². The fourth-order valence-corrected chi connectivity index (χ4v) is 3.55. The number of hydroxylamine groups is 2. The Kier molecular flexibility index (Phi) is 2.44. The number of hydrogen-bond acceptors (Lipinski definition) is 4. The van der Waals surface area contributed by atoms with Crippen LogP contribution in [0.2, 0.25) is 0 Å². The molecule has 0 aromatic heterocycles. The van der Waals surface area contributed by atoms with E-state index in [1.165, 1.54) is 0 Å². The maximum Gasteiger partial charge on any atom is 0.357 e. The van der Waals surface area contributed by atoms with Crippen molar-refractivity contribution in [2.45, 2.75) is 18.4 Å². The van der Waals surface area contributed by atoms with Gasteiger partial charge in [0.15, 0.2) is 0 Å². The molecule has 2 heterocycles. The summed E-state index contributed by atoms with van der Waals surface area (Å²) >= 11 is 0. The van der Waals surface area contributed by atoms with Gasteiger partial charge in [-0.25, -0.2) is 4.79 Å². The normalized spacial score (nSPS) is 36.4. The van der Waals surface area contributed by atoms with Gasteiger partial charge in [-0.05, 0) is 36.8 Å². The van der Waals surface area contributed by atoms with Crippen molar-refractivity contribution in [3.63, 3.8) is 0 Å². The molecule has 0 N–H and O–H groups in total. The Morgan fingerprint density at radius 3 is 2.42 bits per heavy atom. The zero-order chi connectivity index (χ0) is 12.9. The minimum absolute atomic E-state index is 0.213. The molecule has 4 nitrogen and oxygen atoms in total. The van der Waals surface area contributed by atoms with Crippen LogP contribution in [0.1, 0.15) is 23.2 Å². The summed E-state index contributed by atoms with van der Waals surface area (Å²) < 4.78 is 5.55. The minimum Gasteiger partial charge on any atom is -0.370 e. The van der Waals surface area contributed by atoms with E-state index in [0.29, 0.717) is 17.4 Å². The lowest BCUT2D eigenvalue weighted by Crippen LogP contribution is -2.27. The van der Waals surface area contributed by atoms with E-state index >= 15 is 0 Å². The molecule has 1 saturated carbocycles. The van der Waals surface area contributed by atoms with E-state index in [1.54, 1.807) is 12.1 Å². The van der Waals surface area contributed by atoms with Crippen molar-refractivity contribution in [2.75, 3.05) is 19.7 Å². The van der Waals surface area contributed by atoms with Gasteiger partial charge in [-0.2, -0.15) is 0 Å². The topological polar surface area (TPSA) is 42.1 Å². The van der Waals surface area contributed by atoms with E-state index in [0.717, 1.165) is 32.5 Å². The van der Waals surface area contributed by atoms with Crippen molar-refractivity contribution in [1.82, 2.24) is 5.06 Å². The number of carbonyl (C=O) groups is 1. The van der Waals surface area contributed by atoms with Gasteiger partial charge in [0.05, 0.1) is 17.8 Å². The van der Waals surface area contributed by atoms with Gasteiger partial charge in [0.2, 0.25) is 0 Å². The van der Waals surface area contributed by atoms with Crippen LogP contribution in [-0.4, -0.2) is 36.3 Å². The number of epoxide rings is 1. The summed E-state index contributed by atoms with van der Waals surface area (Å²) in [5.41, 5.74) is 0.826. The van der Waals surface area contributed by atoms with E-state index in [-0.39, 0.29) is 11.6 Å². The molecule has 19 heavy (non-hydrogen) atoms. The third-order valence-electron chi connectivity index (χ3n) is 4.59. The summed E-state index contributed by atoms with van der Waals surface area (Å²) in [4.78, 5) is 17.4. The standard InChI is InChI=1S/C15H17NO3/c17-14(11-4-2-1-3-5-11)19-16-8-12-6-15(10-18-15)7-13(12)9-16/h1-5,12-13H,6-10H2/t12-,13+,15?. The molecular formula is C15H17NO3. The van der Waals surface area contributed by atoms with Crippen LogP contribution < -0.4 is 0 Å². The summed E-state index contributed by atoms with van der Waals surface area (Å²) in [6.45, 7) is 2.65. The van der Waals surface area contributed by atoms with E-state index in [2.05, 4.69) is 0 Å². The molecule has 0 bridgehead atoms. The number of carbonyl (C=O) groups excluding carboxylic acids is 1. The summed E-state index contributed by atoms with van der Waals surface area (Å²) in [5.74, 6) is 1.01. The second-order valence-electron chi connectivity index (χ2n) is 5.99. The molecule has 1 aromatic carbocycles. The highest BCUT2D eigenvalue weighted by atomic mass is 16.7. The van der Waals surface area contributed by atoms with E-state index in [1.807, 2.05) is 23.3 Å². The summed E-state index contributed by atoms with van der Waals surface area (Å²) in [7, 11) is 0. The highest BCUT2D eigenvalue weighted by Crippen LogP contribution is 2.52. The van der Waals surface area contributed by atoms with Crippen molar-refractivity contribution < 1.29 is 14.4 Å². The molecule has 1 unspecified atom stereocenters. The highest BCUT2D eigenvalue weighted by molar-refractivity contribution is 5.89. The molecule has 3 fully saturated rings. The molecule has 100 valence electrons. The monoisotopic (exact) mass is 259 g/mol. The Labute approximate surface area is 112 Å². The fraction of sp³-hybridized carbons (Fsp3) is 0.533. The van der Waals surface area contributed by atoms with Crippen molar-refractivity contribution in [1.29, 1.82) is 0 Å². The van der Waals surface area contributed by atoms with Crippen LogP contribution in [-0.2, 0) is 9.57 Å². The first kappa shape index (κ1) is 11.4. The molecule has 1 spiro atoms. The van der Waals surface area contributed by atoms with Crippen molar-refractivity contribution in [2.24, 2.45) is 11.8 Å².